The van der Waals surface area contributed by atoms with Crippen LogP contribution in [-0.4, -0.2) is 52.1 Å². The summed E-state index contributed by atoms with van der Waals surface area (Å²) in [6.07, 6.45) is 3.98. The number of aromatic nitrogens is 2. The summed E-state index contributed by atoms with van der Waals surface area (Å²) in [5.41, 5.74) is 0.247. The molecule has 1 aromatic rings. The zero-order chi connectivity index (χ0) is 14.1. The molecule has 1 atom stereocenters. The molecule has 2 bridgehead atoms. The highest BCUT2D eigenvalue weighted by Crippen LogP contribution is 2.30. The number of rotatable bonds is 4. The molecule has 0 aliphatic carbocycles. The average Bonchev–Trinajstić information content (AvgIpc) is 2.48. The Hall–Kier alpha value is -1.11. The molecule has 1 aromatic heterocycles. The summed E-state index contributed by atoms with van der Waals surface area (Å²) in [7, 11) is 0. The first-order valence-electron chi connectivity index (χ1n) is 7.04. The molecule has 20 heavy (non-hydrogen) atoms. The van der Waals surface area contributed by atoms with Crippen molar-refractivity contribution in [3.05, 3.63) is 21.6 Å². The summed E-state index contributed by atoms with van der Waals surface area (Å²) >= 11 is 6.12. The van der Waals surface area contributed by atoms with E-state index >= 15 is 0 Å². The minimum atomic E-state index is -0.355. The van der Waals surface area contributed by atoms with Gasteiger partial charge in [-0.05, 0) is 31.8 Å². The number of piperidine rings is 3. The number of nitrogens with one attached hydrogen (secondary N) is 1. The molecule has 1 unspecified atom stereocenters. The van der Waals surface area contributed by atoms with Crippen LogP contribution in [0.3, 0.4) is 0 Å². The van der Waals surface area contributed by atoms with Crippen molar-refractivity contribution in [3.63, 3.8) is 0 Å². The predicted octanol–water partition coefficient (Wildman–Crippen LogP) is 0.395. The van der Waals surface area contributed by atoms with Gasteiger partial charge in [0.05, 0.1) is 25.0 Å². The molecule has 2 N–H and O–H groups in total. The lowest BCUT2D eigenvalue weighted by Crippen LogP contribution is -2.53. The molecule has 7 heteroatoms. The number of aliphatic hydroxyl groups excluding tert-OH is 1. The van der Waals surface area contributed by atoms with Crippen LogP contribution in [0.1, 0.15) is 12.8 Å². The van der Waals surface area contributed by atoms with E-state index < -0.39 is 0 Å². The summed E-state index contributed by atoms with van der Waals surface area (Å²) in [5.74, 6) is 0.649. The van der Waals surface area contributed by atoms with Crippen molar-refractivity contribution in [2.75, 3.05) is 31.6 Å². The lowest BCUT2D eigenvalue weighted by Gasteiger charge is -2.45. The Bertz CT molecular complexity index is 540. The highest BCUT2D eigenvalue weighted by molar-refractivity contribution is 6.32. The van der Waals surface area contributed by atoms with Crippen molar-refractivity contribution in [2.45, 2.75) is 25.4 Å². The fraction of sp³-hybridized carbons (Fsp3) is 0.692. The topological polar surface area (TPSA) is 70.4 Å². The standard InChI is InChI=1S/C13H19ClN4O2/c14-12-10(7-15-18(5-6-19)13(12)20)16-11-8-17-3-1-9(11)2-4-17/h7,9,11,16,19H,1-6,8H2. The van der Waals surface area contributed by atoms with Gasteiger partial charge in [-0.3, -0.25) is 4.79 Å². The molecule has 3 fully saturated rings. The number of anilines is 1. The van der Waals surface area contributed by atoms with Gasteiger partial charge in [-0.1, -0.05) is 11.6 Å². The third-order valence-electron chi connectivity index (χ3n) is 4.29. The van der Waals surface area contributed by atoms with Gasteiger partial charge in [-0.15, -0.1) is 0 Å². The highest BCUT2D eigenvalue weighted by Gasteiger charge is 2.34. The van der Waals surface area contributed by atoms with E-state index in [1.807, 2.05) is 0 Å². The molecular formula is C13H19ClN4O2. The van der Waals surface area contributed by atoms with E-state index in [1.54, 1.807) is 6.20 Å². The second-order valence-electron chi connectivity index (χ2n) is 5.51. The Labute approximate surface area is 122 Å². The maximum absolute atomic E-state index is 12.0. The maximum Gasteiger partial charge on any atom is 0.287 e. The average molecular weight is 299 g/mol. The van der Waals surface area contributed by atoms with E-state index in [4.69, 9.17) is 16.7 Å². The maximum atomic E-state index is 12.0. The van der Waals surface area contributed by atoms with E-state index in [2.05, 4.69) is 15.3 Å². The van der Waals surface area contributed by atoms with Crippen LogP contribution in [0.2, 0.25) is 5.02 Å². The van der Waals surface area contributed by atoms with E-state index in [-0.39, 0.29) is 23.7 Å². The molecule has 0 aromatic carbocycles. The van der Waals surface area contributed by atoms with Crippen molar-refractivity contribution >= 4 is 17.3 Å². The molecule has 3 aliphatic rings. The Balaban J connectivity index is 1.78. The molecule has 0 radical (unpaired) electrons. The van der Waals surface area contributed by atoms with E-state index in [9.17, 15) is 4.79 Å². The molecule has 0 saturated carbocycles. The zero-order valence-electron chi connectivity index (χ0n) is 11.3. The first kappa shape index (κ1) is 13.9. The van der Waals surface area contributed by atoms with Crippen molar-refractivity contribution in [1.29, 1.82) is 0 Å². The van der Waals surface area contributed by atoms with E-state index in [0.717, 1.165) is 6.54 Å². The largest absolute Gasteiger partial charge is 0.394 e. The van der Waals surface area contributed by atoms with Crippen LogP contribution >= 0.6 is 11.6 Å². The van der Waals surface area contributed by atoms with Crippen molar-refractivity contribution in [3.8, 4) is 0 Å². The number of fused-ring (bicyclic) bond motifs is 3. The summed E-state index contributed by atoms with van der Waals surface area (Å²) in [5, 5.41) is 16.4. The summed E-state index contributed by atoms with van der Waals surface area (Å²) in [4.78, 5) is 14.4. The van der Waals surface area contributed by atoms with Gasteiger partial charge in [0.2, 0.25) is 0 Å². The zero-order valence-corrected chi connectivity index (χ0v) is 12.0. The second kappa shape index (κ2) is 5.71. The fourth-order valence-corrected chi connectivity index (χ4v) is 3.35. The third kappa shape index (κ3) is 2.55. The van der Waals surface area contributed by atoms with E-state index in [1.165, 1.54) is 30.6 Å². The Morgan fingerprint density at radius 3 is 2.80 bits per heavy atom. The molecular weight excluding hydrogens is 280 g/mol. The molecule has 0 amide bonds. The minimum Gasteiger partial charge on any atom is -0.394 e. The van der Waals surface area contributed by atoms with Gasteiger partial charge in [0.1, 0.15) is 5.02 Å². The third-order valence-corrected chi connectivity index (χ3v) is 4.66. The van der Waals surface area contributed by atoms with Crippen LogP contribution in [0.4, 0.5) is 5.69 Å². The first-order valence-corrected chi connectivity index (χ1v) is 7.42. The van der Waals surface area contributed by atoms with Gasteiger partial charge in [-0.25, -0.2) is 4.68 Å². The Morgan fingerprint density at radius 2 is 2.20 bits per heavy atom. The first-order chi connectivity index (χ1) is 9.69. The van der Waals surface area contributed by atoms with Crippen LogP contribution in [0.5, 0.6) is 0 Å². The SMILES string of the molecule is O=c1c(Cl)c(NC2CN3CCC2CC3)cnn1CCO. The predicted molar refractivity (Wildman–Crippen MR) is 77.2 cm³/mol. The molecule has 0 spiro atoms. The van der Waals surface area contributed by atoms with Gasteiger partial charge < -0.3 is 15.3 Å². The van der Waals surface area contributed by atoms with Gasteiger partial charge in [0.15, 0.2) is 0 Å². The monoisotopic (exact) mass is 298 g/mol. The number of nitrogens with zero attached hydrogens (tertiary/aromatic N) is 3. The van der Waals surface area contributed by atoms with Gasteiger partial charge in [0, 0.05) is 12.6 Å². The highest BCUT2D eigenvalue weighted by atomic mass is 35.5. The second-order valence-corrected chi connectivity index (χ2v) is 5.89. The van der Waals surface area contributed by atoms with E-state index in [0.29, 0.717) is 17.6 Å². The quantitative estimate of drug-likeness (QED) is 0.842. The summed E-state index contributed by atoms with van der Waals surface area (Å²) in [6.45, 7) is 3.38. The van der Waals surface area contributed by atoms with Crippen molar-refractivity contribution in [1.82, 2.24) is 14.7 Å². The molecule has 4 rings (SSSR count). The lowest BCUT2D eigenvalue weighted by molar-refractivity contribution is 0.0975. The minimum absolute atomic E-state index is 0.129. The van der Waals surface area contributed by atoms with Crippen LogP contribution in [0.25, 0.3) is 0 Å². The van der Waals surface area contributed by atoms with Gasteiger partial charge in [-0.2, -0.15) is 5.10 Å². The van der Waals surface area contributed by atoms with Crippen molar-refractivity contribution in [2.24, 2.45) is 5.92 Å². The summed E-state index contributed by atoms with van der Waals surface area (Å²) < 4.78 is 1.18. The van der Waals surface area contributed by atoms with Crippen LogP contribution in [-0.2, 0) is 6.54 Å². The van der Waals surface area contributed by atoms with Crippen LogP contribution in [0.15, 0.2) is 11.0 Å². The lowest BCUT2D eigenvalue weighted by atomic mass is 9.84. The number of hydrogen-bond acceptors (Lipinski definition) is 5. The molecule has 6 nitrogen and oxygen atoms in total. The molecule has 110 valence electrons. The molecule has 3 saturated heterocycles. The molecule has 3 aliphatic heterocycles. The Kier molecular flexibility index (Phi) is 3.96. The summed E-state index contributed by atoms with van der Waals surface area (Å²) in [6, 6.07) is 0.338. The Morgan fingerprint density at radius 1 is 1.45 bits per heavy atom. The van der Waals surface area contributed by atoms with Gasteiger partial charge in [0.25, 0.3) is 5.56 Å². The molecule has 4 heterocycles. The number of hydrogen-bond donors (Lipinski definition) is 2. The normalized spacial score (nSPS) is 28.6. The fourth-order valence-electron chi connectivity index (χ4n) is 3.15. The smallest absolute Gasteiger partial charge is 0.287 e. The van der Waals surface area contributed by atoms with Crippen molar-refractivity contribution < 1.29 is 5.11 Å². The van der Waals surface area contributed by atoms with Gasteiger partial charge >= 0.3 is 0 Å². The van der Waals surface area contributed by atoms with Crippen LogP contribution in [0, 0.1) is 5.92 Å². The van der Waals surface area contributed by atoms with Crippen LogP contribution < -0.4 is 10.9 Å². The number of halogens is 1. The number of aliphatic hydroxyl groups is 1.